The highest BCUT2D eigenvalue weighted by molar-refractivity contribution is 7.21. The number of nitrogens with one attached hydrogen (secondary N) is 2. The summed E-state index contributed by atoms with van der Waals surface area (Å²) in [4.78, 5) is 20.9. The molecular weight excluding hydrogens is 453 g/mol. The number of hydrogen-bond acceptors (Lipinski definition) is 7. The molecule has 4 heterocycles. The average Bonchev–Trinajstić information content (AvgIpc) is 3.14. The first kappa shape index (κ1) is 21.8. The van der Waals surface area contributed by atoms with Gasteiger partial charge >= 0.3 is 0 Å². The molecule has 1 aliphatic carbocycles. The molecule has 2 aliphatic heterocycles. The minimum absolute atomic E-state index is 0.0571. The SMILES string of the molecule is Cc1ccc2c(N)c(C(=O)N[C@H]3CCc4c(ccc(N5CC6CNCC(C5)O6)c4F)C3)sc2n1. The molecule has 0 spiro atoms. The van der Waals surface area contributed by atoms with E-state index in [0.29, 0.717) is 48.6 Å². The number of ether oxygens (including phenoxy) is 1. The van der Waals surface area contributed by atoms with E-state index >= 15 is 4.39 Å². The summed E-state index contributed by atoms with van der Waals surface area (Å²) in [6.07, 6.45) is 2.10. The Morgan fingerprint density at radius 3 is 2.85 bits per heavy atom. The van der Waals surface area contributed by atoms with Crippen molar-refractivity contribution in [2.75, 3.05) is 36.8 Å². The Morgan fingerprint density at radius 1 is 1.26 bits per heavy atom. The molecule has 34 heavy (non-hydrogen) atoms. The number of carbonyl (C=O) groups is 1. The zero-order valence-electron chi connectivity index (χ0n) is 19.1. The number of aromatic nitrogens is 1. The highest BCUT2D eigenvalue weighted by atomic mass is 32.1. The first-order valence-electron chi connectivity index (χ1n) is 11.8. The molecule has 2 aromatic heterocycles. The summed E-state index contributed by atoms with van der Waals surface area (Å²) in [5.41, 5.74) is 10.0. The van der Waals surface area contributed by atoms with E-state index in [4.69, 9.17) is 10.5 Å². The van der Waals surface area contributed by atoms with E-state index in [1.807, 2.05) is 31.2 Å². The molecule has 9 heteroatoms. The molecule has 0 saturated carbocycles. The first-order chi connectivity index (χ1) is 16.5. The molecule has 2 fully saturated rings. The number of carbonyl (C=O) groups excluding carboxylic acids is 1. The van der Waals surface area contributed by atoms with E-state index in [-0.39, 0.29) is 30.0 Å². The van der Waals surface area contributed by atoms with Gasteiger partial charge in [0.25, 0.3) is 5.91 Å². The fourth-order valence-electron chi connectivity index (χ4n) is 5.42. The second-order valence-corrected chi connectivity index (χ2v) is 10.5. The number of morpholine rings is 2. The van der Waals surface area contributed by atoms with Crippen LogP contribution in [-0.2, 0) is 17.6 Å². The van der Waals surface area contributed by atoms with E-state index in [9.17, 15) is 4.79 Å². The number of nitrogen functional groups attached to an aromatic ring is 1. The van der Waals surface area contributed by atoms with Crippen LogP contribution >= 0.6 is 11.3 Å². The van der Waals surface area contributed by atoms with Crippen LogP contribution in [0.5, 0.6) is 0 Å². The van der Waals surface area contributed by atoms with E-state index < -0.39 is 0 Å². The second-order valence-electron chi connectivity index (χ2n) is 9.54. The smallest absolute Gasteiger partial charge is 0.263 e. The minimum atomic E-state index is -0.183. The number of benzene rings is 1. The van der Waals surface area contributed by atoms with Gasteiger partial charge in [0.2, 0.25) is 0 Å². The van der Waals surface area contributed by atoms with E-state index in [0.717, 1.165) is 40.1 Å². The maximum absolute atomic E-state index is 15.6. The predicted molar refractivity (Wildman–Crippen MR) is 132 cm³/mol. The highest BCUT2D eigenvalue weighted by Crippen LogP contribution is 2.34. The van der Waals surface area contributed by atoms with Gasteiger partial charge in [0.05, 0.1) is 23.6 Å². The van der Waals surface area contributed by atoms with Gasteiger partial charge < -0.3 is 26.0 Å². The Bertz CT molecular complexity index is 1270. The van der Waals surface area contributed by atoms with Crippen LogP contribution in [0.2, 0.25) is 0 Å². The number of thiophene rings is 1. The lowest BCUT2D eigenvalue weighted by Crippen LogP contribution is -2.58. The summed E-state index contributed by atoms with van der Waals surface area (Å²) in [7, 11) is 0. The number of fused-ring (bicyclic) bond motifs is 4. The minimum Gasteiger partial charge on any atom is -0.397 e. The molecule has 2 unspecified atom stereocenters. The van der Waals surface area contributed by atoms with Crippen molar-refractivity contribution in [2.45, 2.75) is 44.4 Å². The quantitative estimate of drug-likeness (QED) is 0.533. The summed E-state index contributed by atoms with van der Waals surface area (Å²) < 4.78 is 21.5. The third-order valence-corrected chi connectivity index (χ3v) is 8.24. The van der Waals surface area contributed by atoms with E-state index in [2.05, 4.69) is 20.5 Å². The number of pyridine rings is 1. The Kier molecular flexibility index (Phi) is 5.43. The van der Waals surface area contributed by atoms with Gasteiger partial charge in [-0.25, -0.2) is 9.37 Å². The van der Waals surface area contributed by atoms with Gasteiger partial charge in [-0.2, -0.15) is 0 Å². The summed E-state index contributed by atoms with van der Waals surface area (Å²) in [5, 5.41) is 7.31. The summed E-state index contributed by atoms with van der Waals surface area (Å²) >= 11 is 1.32. The fourth-order valence-corrected chi connectivity index (χ4v) is 6.47. The molecule has 4 N–H and O–H groups in total. The zero-order chi connectivity index (χ0) is 23.4. The lowest BCUT2D eigenvalue weighted by molar-refractivity contribution is -0.0485. The normalized spacial score (nSPS) is 24.2. The van der Waals surface area contributed by atoms with Gasteiger partial charge in [-0.1, -0.05) is 6.07 Å². The molecule has 2 bridgehead atoms. The fraction of sp³-hybridized carbons (Fsp3) is 0.440. The van der Waals surface area contributed by atoms with Crippen LogP contribution in [0.1, 0.15) is 32.9 Å². The number of nitrogens with two attached hydrogens (primary N) is 1. The van der Waals surface area contributed by atoms with Crippen LogP contribution in [0.4, 0.5) is 15.8 Å². The van der Waals surface area contributed by atoms with Crippen molar-refractivity contribution in [2.24, 2.45) is 0 Å². The maximum atomic E-state index is 15.6. The molecule has 1 aromatic carbocycles. The van der Waals surface area contributed by atoms with Crippen LogP contribution in [0, 0.1) is 12.7 Å². The lowest BCUT2D eigenvalue weighted by Gasteiger charge is -2.43. The summed E-state index contributed by atoms with van der Waals surface area (Å²) in [6, 6.07) is 7.67. The molecule has 7 nitrogen and oxygen atoms in total. The van der Waals surface area contributed by atoms with Crippen molar-refractivity contribution >= 4 is 38.8 Å². The Balaban J connectivity index is 1.18. The monoisotopic (exact) mass is 481 g/mol. The van der Waals surface area contributed by atoms with Crippen LogP contribution < -0.4 is 21.3 Å². The molecule has 3 aromatic rings. The van der Waals surface area contributed by atoms with Crippen LogP contribution in [0.3, 0.4) is 0 Å². The van der Waals surface area contributed by atoms with Crippen molar-refractivity contribution in [1.29, 1.82) is 0 Å². The predicted octanol–water partition coefficient (Wildman–Crippen LogP) is 2.79. The third-order valence-electron chi connectivity index (χ3n) is 7.12. The highest BCUT2D eigenvalue weighted by Gasteiger charge is 2.33. The van der Waals surface area contributed by atoms with Gasteiger partial charge in [0, 0.05) is 43.3 Å². The van der Waals surface area contributed by atoms with Crippen molar-refractivity contribution in [3.63, 3.8) is 0 Å². The van der Waals surface area contributed by atoms with Crippen molar-refractivity contribution in [3.8, 4) is 0 Å². The van der Waals surface area contributed by atoms with Gasteiger partial charge in [0.15, 0.2) is 0 Å². The largest absolute Gasteiger partial charge is 0.397 e. The topological polar surface area (TPSA) is 92.5 Å². The Morgan fingerprint density at radius 2 is 2.06 bits per heavy atom. The molecule has 0 radical (unpaired) electrons. The van der Waals surface area contributed by atoms with Gasteiger partial charge in [-0.15, -0.1) is 11.3 Å². The van der Waals surface area contributed by atoms with E-state index in [1.54, 1.807) is 0 Å². The van der Waals surface area contributed by atoms with Crippen molar-refractivity contribution in [3.05, 3.63) is 51.8 Å². The van der Waals surface area contributed by atoms with Crippen LogP contribution in [0.25, 0.3) is 10.2 Å². The third kappa shape index (κ3) is 3.81. The average molecular weight is 482 g/mol. The van der Waals surface area contributed by atoms with Crippen molar-refractivity contribution in [1.82, 2.24) is 15.6 Å². The number of hydrogen-bond donors (Lipinski definition) is 3. The number of nitrogens with zero attached hydrogens (tertiary/aromatic N) is 2. The molecule has 1 amide bonds. The number of halogens is 1. The summed E-state index contributed by atoms with van der Waals surface area (Å²) in [5.74, 6) is -0.303. The number of amides is 1. The molecule has 3 atom stereocenters. The Hall–Kier alpha value is -2.75. The standard InChI is InChI=1S/C25H28FN5O2S/c1-13-2-5-19-22(27)23(34-25(19)29-13)24(32)30-15-4-6-18-14(8-15)3-7-20(21(18)26)31-11-16-9-28-10-17(12-31)33-16/h2-3,5,7,15-17,28H,4,6,8-12,27H2,1H3,(H,30,32)/t15-,16?,17?/m0/s1. The molecule has 6 rings (SSSR count). The number of aryl methyl sites for hydroxylation is 1. The molecule has 2 saturated heterocycles. The lowest BCUT2D eigenvalue weighted by atomic mass is 9.87. The maximum Gasteiger partial charge on any atom is 0.263 e. The molecular formula is C25H28FN5O2S. The van der Waals surface area contributed by atoms with Gasteiger partial charge in [0.1, 0.15) is 15.5 Å². The Labute approximate surface area is 201 Å². The van der Waals surface area contributed by atoms with Gasteiger partial charge in [-0.05, 0) is 55.5 Å². The molecule has 178 valence electrons. The van der Waals surface area contributed by atoms with Gasteiger partial charge in [-0.3, -0.25) is 4.79 Å². The number of rotatable bonds is 3. The molecule has 3 aliphatic rings. The summed E-state index contributed by atoms with van der Waals surface area (Å²) in [6.45, 7) is 4.93. The number of anilines is 2. The second kappa shape index (κ2) is 8.48. The van der Waals surface area contributed by atoms with Crippen LogP contribution in [-0.4, -0.2) is 55.3 Å². The van der Waals surface area contributed by atoms with E-state index in [1.165, 1.54) is 11.3 Å². The zero-order valence-corrected chi connectivity index (χ0v) is 19.9. The van der Waals surface area contributed by atoms with Crippen LogP contribution in [0.15, 0.2) is 24.3 Å². The van der Waals surface area contributed by atoms with Crippen molar-refractivity contribution < 1.29 is 13.9 Å². The first-order valence-corrected chi connectivity index (χ1v) is 12.7.